The first-order valence-electron chi connectivity index (χ1n) is 7.45. The molecular formula is C16H25FN2. The highest BCUT2D eigenvalue weighted by Gasteiger charge is 2.31. The fourth-order valence-corrected chi connectivity index (χ4v) is 3.12. The molecule has 0 radical (unpaired) electrons. The summed E-state index contributed by atoms with van der Waals surface area (Å²) >= 11 is 0. The van der Waals surface area contributed by atoms with E-state index < -0.39 is 0 Å². The van der Waals surface area contributed by atoms with Crippen LogP contribution in [-0.2, 0) is 6.54 Å². The lowest BCUT2D eigenvalue weighted by Crippen LogP contribution is -2.35. The van der Waals surface area contributed by atoms with Crippen molar-refractivity contribution in [2.45, 2.75) is 58.7 Å². The molecule has 0 bridgehead atoms. The number of anilines is 1. The topological polar surface area (TPSA) is 15.3 Å². The van der Waals surface area contributed by atoms with Crippen LogP contribution in [0.15, 0.2) is 18.2 Å². The van der Waals surface area contributed by atoms with Gasteiger partial charge in [-0.05, 0) is 44.9 Å². The first-order chi connectivity index (χ1) is 9.19. The summed E-state index contributed by atoms with van der Waals surface area (Å²) in [5.41, 5.74) is 1.90. The van der Waals surface area contributed by atoms with Crippen LogP contribution >= 0.6 is 0 Å². The molecule has 1 saturated heterocycles. The molecule has 2 rings (SSSR count). The van der Waals surface area contributed by atoms with E-state index >= 15 is 0 Å². The molecule has 1 aromatic carbocycles. The van der Waals surface area contributed by atoms with Gasteiger partial charge in [-0.1, -0.05) is 19.9 Å². The fraction of sp³-hybridized carbons (Fsp3) is 0.625. The molecule has 2 nitrogen and oxygen atoms in total. The Hall–Kier alpha value is -1.09. The van der Waals surface area contributed by atoms with E-state index in [1.54, 1.807) is 6.07 Å². The zero-order valence-electron chi connectivity index (χ0n) is 12.2. The largest absolute Gasteiger partial charge is 0.366 e. The fourth-order valence-electron chi connectivity index (χ4n) is 3.12. The van der Waals surface area contributed by atoms with Crippen LogP contribution in [-0.4, -0.2) is 18.6 Å². The second-order valence-electron chi connectivity index (χ2n) is 5.41. The number of hydrogen-bond donors (Lipinski definition) is 1. The predicted octanol–water partition coefficient (Wildman–Crippen LogP) is 3.70. The molecule has 0 spiro atoms. The van der Waals surface area contributed by atoms with E-state index in [2.05, 4.69) is 30.1 Å². The smallest absolute Gasteiger partial charge is 0.129 e. The van der Waals surface area contributed by atoms with E-state index in [-0.39, 0.29) is 5.82 Å². The molecule has 1 fully saturated rings. The van der Waals surface area contributed by atoms with Gasteiger partial charge >= 0.3 is 0 Å². The van der Waals surface area contributed by atoms with Crippen molar-refractivity contribution in [3.63, 3.8) is 0 Å². The van der Waals surface area contributed by atoms with Crippen molar-refractivity contribution in [1.82, 2.24) is 5.32 Å². The van der Waals surface area contributed by atoms with Gasteiger partial charge < -0.3 is 10.2 Å². The Kier molecular flexibility index (Phi) is 4.81. The van der Waals surface area contributed by atoms with E-state index in [0.717, 1.165) is 24.2 Å². The number of rotatable bonds is 5. The Balaban J connectivity index is 2.34. The lowest BCUT2D eigenvalue weighted by molar-refractivity contribution is 0.580. The molecule has 3 heteroatoms. The number of benzene rings is 1. The minimum absolute atomic E-state index is 0.0904. The summed E-state index contributed by atoms with van der Waals surface area (Å²) in [6, 6.07) is 6.53. The molecule has 1 N–H and O–H groups in total. The van der Waals surface area contributed by atoms with Crippen molar-refractivity contribution in [3.05, 3.63) is 29.6 Å². The second kappa shape index (κ2) is 6.38. The molecule has 0 saturated carbocycles. The third-order valence-electron chi connectivity index (χ3n) is 4.18. The van der Waals surface area contributed by atoms with Gasteiger partial charge in [-0.15, -0.1) is 0 Å². The SMILES string of the molecule is CCNCc1c(F)cccc1N1C(C)CCC1CC. The van der Waals surface area contributed by atoms with Crippen LogP contribution in [0.25, 0.3) is 0 Å². The average molecular weight is 264 g/mol. The van der Waals surface area contributed by atoms with Gasteiger partial charge in [0.2, 0.25) is 0 Å². The minimum atomic E-state index is -0.0904. The van der Waals surface area contributed by atoms with Gasteiger partial charge in [-0.25, -0.2) is 4.39 Å². The first-order valence-corrected chi connectivity index (χ1v) is 7.45. The number of hydrogen-bond acceptors (Lipinski definition) is 2. The Morgan fingerprint density at radius 1 is 1.32 bits per heavy atom. The highest BCUT2D eigenvalue weighted by atomic mass is 19.1. The van der Waals surface area contributed by atoms with Gasteiger partial charge in [0.05, 0.1) is 0 Å². The van der Waals surface area contributed by atoms with Crippen molar-refractivity contribution < 1.29 is 4.39 Å². The maximum absolute atomic E-state index is 14.1. The van der Waals surface area contributed by atoms with Crippen molar-refractivity contribution in [2.24, 2.45) is 0 Å². The van der Waals surface area contributed by atoms with E-state index in [4.69, 9.17) is 0 Å². The van der Waals surface area contributed by atoms with Gasteiger partial charge in [0.1, 0.15) is 5.82 Å². The van der Waals surface area contributed by atoms with Crippen LogP contribution in [0.3, 0.4) is 0 Å². The summed E-state index contributed by atoms with van der Waals surface area (Å²) < 4.78 is 14.1. The molecule has 2 unspecified atom stereocenters. The van der Waals surface area contributed by atoms with Gasteiger partial charge in [0.15, 0.2) is 0 Å². The van der Waals surface area contributed by atoms with Crippen LogP contribution < -0.4 is 10.2 Å². The van der Waals surface area contributed by atoms with Gasteiger partial charge in [0, 0.05) is 29.9 Å². The van der Waals surface area contributed by atoms with Gasteiger partial charge in [-0.3, -0.25) is 0 Å². The Bertz CT molecular complexity index is 419. The molecule has 1 aliphatic heterocycles. The number of nitrogens with zero attached hydrogens (tertiary/aromatic N) is 1. The van der Waals surface area contributed by atoms with Crippen molar-refractivity contribution in [2.75, 3.05) is 11.4 Å². The lowest BCUT2D eigenvalue weighted by Gasteiger charge is -2.32. The minimum Gasteiger partial charge on any atom is -0.366 e. The maximum Gasteiger partial charge on any atom is 0.129 e. The predicted molar refractivity (Wildman–Crippen MR) is 79.0 cm³/mol. The second-order valence-corrected chi connectivity index (χ2v) is 5.41. The molecular weight excluding hydrogens is 239 g/mol. The molecule has 1 aromatic rings. The number of halogens is 1. The van der Waals surface area contributed by atoms with E-state index in [1.807, 2.05) is 13.0 Å². The Labute approximate surface area is 116 Å². The maximum atomic E-state index is 14.1. The third-order valence-corrected chi connectivity index (χ3v) is 4.18. The van der Waals surface area contributed by atoms with Crippen molar-refractivity contribution in [3.8, 4) is 0 Å². The van der Waals surface area contributed by atoms with Gasteiger partial charge in [0.25, 0.3) is 0 Å². The van der Waals surface area contributed by atoms with E-state index in [0.29, 0.717) is 18.6 Å². The monoisotopic (exact) mass is 264 g/mol. The zero-order chi connectivity index (χ0) is 13.8. The van der Waals surface area contributed by atoms with E-state index in [1.165, 1.54) is 12.8 Å². The standard InChI is InChI=1S/C16H25FN2/c1-4-13-10-9-12(3)19(13)16-8-6-7-15(17)14(16)11-18-5-2/h6-8,12-13,18H,4-5,9-11H2,1-3H3. The average Bonchev–Trinajstić information content (AvgIpc) is 2.78. The summed E-state index contributed by atoms with van der Waals surface area (Å²) in [5.74, 6) is -0.0904. The highest BCUT2D eigenvalue weighted by molar-refractivity contribution is 5.56. The third kappa shape index (κ3) is 2.92. The Morgan fingerprint density at radius 2 is 2.11 bits per heavy atom. The summed E-state index contributed by atoms with van der Waals surface area (Å²) in [6.45, 7) is 7.99. The molecule has 0 aromatic heterocycles. The van der Waals surface area contributed by atoms with Crippen LogP contribution in [0.2, 0.25) is 0 Å². The zero-order valence-corrected chi connectivity index (χ0v) is 12.2. The first kappa shape index (κ1) is 14.3. The number of nitrogens with one attached hydrogen (secondary N) is 1. The van der Waals surface area contributed by atoms with Crippen LogP contribution in [0.1, 0.15) is 45.6 Å². The normalized spacial score (nSPS) is 23.1. The molecule has 1 aliphatic rings. The van der Waals surface area contributed by atoms with E-state index in [9.17, 15) is 4.39 Å². The Morgan fingerprint density at radius 3 is 2.79 bits per heavy atom. The highest BCUT2D eigenvalue weighted by Crippen LogP contribution is 2.35. The molecule has 1 heterocycles. The summed E-state index contributed by atoms with van der Waals surface area (Å²) in [6.07, 6.45) is 3.55. The summed E-state index contributed by atoms with van der Waals surface area (Å²) in [5, 5.41) is 3.25. The van der Waals surface area contributed by atoms with Crippen molar-refractivity contribution in [1.29, 1.82) is 0 Å². The van der Waals surface area contributed by atoms with Crippen LogP contribution in [0, 0.1) is 5.82 Å². The molecule has 19 heavy (non-hydrogen) atoms. The lowest BCUT2D eigenvalue weighted by atomic mass is 10.1. The van der Waals surface area contributed by atoms with Gasteiger partial charge in [-0.2, -0.15) is 0 Å². The molecule has 0 aliphatic carbocycles. The van der Waals surface area contributed by atoms with Crippen LogP contribution in [0.4, 0.5) is 10.1 Å². The quantitative estimate of drug-likeness (QED) is 0.872. The summed E-state index contributed by atoms with van der Waals surface area (Å²) in [4.78, 5) is 2.43. The van der Waals surface area contributed by atoms with Crippen molar-refractivity contribution >= 4 is 5.69 Å². The molecule has 0 amide bonds. The summed E-state index contributed by atoms with van der Waals surface area (Å²) in [7, 11) is 0. The molecule has 2 atom stereocenters. The molecule has 106 valence electrons. The van der Waals surface area contributed by atoms with Crippen LogP contribution in [0.5, 0.6) is 0 Å².